The van der Waals surface area contributed by atoms with E-state index < -0.39 is 10.0 Å². The van der Waals surface area contributed by atoms with Gasteiger partial charge >= 0.3 is 0 Å². The maximum absolute atomic E-state index is 13.1. The van der Waals surface area contributed by atoms with Gasteiger partial charge in [0.25, 0.3) is 10.0 Å². The van der Waals surface area contributed by atoms with Crippen molar-refractivity contribution in [2.45, 2.75) is 43.7 Å². The topological polar surface area (TPSA) is 87.5 Å². The third kappa shape index (κ3) is 4.16. The zero-order valence-electron chi connectivity index (χ0n) is 15.5. The standard InChI is InChI=1S/C17H27N5O3S.ClH/c23-17(20-10-6-18-7-11-20)14-4-3-9-22(12-14)26(24,25)16-13-21-8-2-1-5-15(21)19-16;/h13-14,18H,1-12H2;1H. The highest BCUT2D eigenvalue weighted by Crippen LogP contribution is 2.26. The Morgan fingerprint density at radius 3 is 2.63 bits per heavy atom. The molecule has 1 aromatic rings. The molecule has 1 atom stereocenters. The van der Waals surface area contributed by atoms with Gasteiger partial charge in [0.15, 0.2) is 5.03 Å². The van der Waals surface area contributed by atoms with E-state index in [2.05, 4.69) is 10.3 Å². The van der Waals surface area contributed by atoms with E-state index in [1.807, 2.05) is 9.47 Å². The number of halogens is 1. The molecular formula is C17H28ClN5O3S. The fourth-order valence-corrected chi connectivity index (χ4v) is 5.64. The molecule has 8 nitrogen and oxygen atoms in total. The Bertz CT molecular complexity index is 752. The van der Waals surface area contributed by atoms with E-state index in [4.69, 9.17) is 0 Å². The molecule has 0 aliphatic carbocycles. The molecule has 27 heavy (non-hydrogen) atoms. The van der Waals surface area contributed by atoms with E-state index in [-0.39, 0.29) is 35.8 Å². The van der Waals surface area contributed by atoms with Gasteiger partial charge in [0, 0.05) is 58.4 Å². The molecule has 0 saturated carbocycles. The number of amides is 1. The number of aryl methyl sites for hydroxylation is 2. The highest BCUT2D eigenvalue weighted by molar-refractivity contribution is 7.89. The molecule has 2 fully saturated rings. The maximum atomic E-state index is 13.1. The molecule has 0 aromatic carbocycles. The molecule has 3 aliphatic rings. The molecular weight excluding hydrogens is 390 g/mol. The Morgan fingerprint density at radius 1 is 1.11 bits per heavy atom. The Balaban J connectivity index is 0.00000210. The quantitative estimate of drug-likeness (QED) is 0.772. The van der Waals surface area contributed by atoms with Crippen LogP contribution in [0.15, 0.2) is 11.2 Å². The normalized spacial score (nSPS) is 24.1. The van der Waals surface area contributed by atoms with Crippen molar-refractivity contribution in [2.75, 3.05) is 39.3 Å². The molecule has 0 spiro atoms. The number of piperazine rings is 1. The van der Waals surface area contributed by atoms with Crippen LogP contribution in [0.3, 0.4) is 0 Å². The van der Waals surface area contributed by atoms with Crippen LogP contribution in [0.1, 0.15) is 31.5 Å². The molecule has 3 aliphatic heterocycles. The average molecular weight is 418 g/mol. The molecule has 4 heterocycles. The van der Waals surface area contributed by atoms with Crippen LogP contribution in [-0.4, -0.2) is 72.3 Å². The molecule has 152 valence electrons. The molecule has 4 rings (SSSR count). The van der Waals surface area contributed by atoms with Crippen molar-refractivity contribution in [3.63, 3.8) is 0 Å². The molecule has 10 heteroatoms. The van der Waals surface area contributed by atoms with E-state index in [9.17, 15) is 13.2 Å². The summed E-state index contributed by atoms with van der Waals surface area (Å²) in [5, 5.41) is 3.38. The number of carbonyl (C=O) groups is 1. The molecule has 0 bridgehead atoms. The number of imidazole rings is 1. The fraction of sp³-hybridized carbons (Fsp3) is 0.765. The summed E-state index contributed by atoms with van der Waals surface area (Å²) >= 11 is 0. The first-order valence-corrected chi connectivity index (χ1v) is 11.1. The van der Waals surface area contributed by atoms with Crippen LogP contribution in [-0.2, 0) is 27.8 Å². The minimum Gasteiger partial charge on any atom is -0.340 e. The van der Waals surface area contributed by atoms with E-state index >= 15 is 0 Å². The summed E-state index contributed by atoms with van der Waals surface area (Å²) in [7, 11) is -3.63. The van der Waals surface area contributed by atoms with Crippen LogP contribution in [0, 0.1) is 5.92 Å². The fourth-order valence-electron chi connectivity index (χ4n) is 4.15. The van der Waals surface area contributed by atoms with Gasteiger partial charge in [-0.1, -0.05) is 0 Å². The predicted molar refractivity (Wildman–Crippen MR) is 103 cm³/mol. The minimum absolute atomic E-state index is 0. The van der Waals surface area contributed by atoms with Gasteiger partial charge in [0.2, 0.25) is 5.91 Å². The summed E-state index contributed by atoms with van der Waals surface area (Å²) in [5.74, 6) is 0.713. The summed E-state index contributed by atoms with van der Waals surface area (Å²) in [4.78, 5) is 19.0. The van der Waals surface area contributed by atoms with Crippen molar-refractivity contribution < 1.29 is 13.2 Å². The van der Waals surface area contributed by atoms with E-state index in [0.717, 1.165) is 57.6 Å². The summed E-state index contributed by atoms with van der Waals surface area (Å²) < 4.78 is 29.6. The Morgan fingerprint density at radius 2 is 1.89 bits per heavy atom. The van der Waals surface area contributed by atoms with Gasteiger partial charge in [-0.3, -0.25) is 4.79 Å². The first-order chi connectivity index (χ1) is 12.6. The lowest BCUT2D eigenvalue weighted by atomic mass is 9.98. The zero-order chi connectivity index (χ0) is 18.1. The number of piperidine rings is 1. The van der Waals surface area contributed by atoms with Crippen molar-refractivity contribution in [3.05, 3.63) is 12.0 Å². The SMILES string of the molecule is Cl.O=C(C1CCCN(S(=O)(=O)c2cn3c(n2)CCCC3)C1)N1CCNCC1. The minimum atomic E-state index is -3.63. The smallest absolute Gasteiger partial charge is 0.262 e. The second kappa shape index (κ2) is 8.46. The molecule has 1 N–H and O–H groups in total. The second-order valence-electron chi connectivity index (χ2n) is 7.42. The highest BCUT2D eigenvalue weighted by atomic mass is 35.5. The number of fused-ring (bicyclic) bond motifs is 1. The number of carbonyl (C=O) groups excluding carboxylic acids is 1. The van der Waals surface area contributed by atoms with E-state index in [1.165, 1.54) is 4.31 Å². The van der Waals surface area contributed by atoms with E-state index in [1.54, 1.807) is 6.20 Å². The predicted octanol–water partition coefficient (Wildman–Crippen LogP) is 0.474. The number of hydrogen-bond acceptors (Lipinski definition) is 5. The lowest BCUT2D eigenvalue weighted by molar-refractivity contribution is -0.137. The summed E-state index contributed by atoms with van der Waals surface area (Å²) in [6.45, 7) is 4.60. The van der Waals surface area contributed by atoms with Gasteiger partial charge in [-0.05, 0) is 25.7 Å². The first-order valence-electron chi connectivity index (χ1n) is 9.61. The average Bonchev–Trinajstić information content (AvgIpc) is 3.13. The molecule has 1 unspecified atom stereocenters. The van der Waals surface area contributed by atoms with Gasteiger partial charge in [0.05, 0.1) is 5.92 Å². The van der Waals surface area contributed by atoms with E-state index in [0.29, 0.717) is 19.6 Å². The monoisotopic (exact) mass is 417 g/mol. The maximum Gasteiger partial charge on any atom is 0.262 e. The number of aromatic nitrogens is 2. The third-order valence-corrected chi connectivity index (χ3v) is 7.39. The van der Waals surface area contributed by atoms with Crippen molar-refractivity contribution in [1.82, 2.24) is 24.1 Å². The summed E-state index contributed by atoms with van der Waals surface area (Å²) in [6, 6.07) is 0. The summed E-state index contributed by atoms with van der Waals surface area (Å²) in [6.07, 6.45) is 6.10. The molecule has 0 radical (unpaired) electrons. The van der Waals surface area contributed by atoms with Gasteiger partial charge in [0.1, 0.15) is 5.82 Å². The summed E-state index contributed by atoms with van der Waals surface area (Å²) in [5.41, 5.74) is 0. The Labute approximate surface area is 166 Å². The van der Waals surface area contributed by atoms with Gasteiger partial charge in [-0.15, -0.1) is 12.4 Å². The molecule has 2 saturated heterocycles. The third-order valence-electron chi connectivity index (χ3n) is 5.65. The molecule has 1 amide bonds. The van der Waals surface area contributed by atoms with Crippen LogP contribution >= 0.6 is 12.4 Å². The lowest BCUT2D eigenvalue weighted by Gasteiger charge is -2.35. The van der Waals surface area contributed by atoms with Crippen LogP contribution in [0.5, 0.6) is 0 Å². The number of nitrogens with zero attached hydrogens (tertiary/aromatic N) is 4. The van der Waals surface area contributed by atoms with Crippen molar-refractivity contribution in [1.29, 1.82) is 0 Å². The van der Waals surface area contributed by atoms with Crippen LogP contribution in [0.4, 0.5) is 0 Å². The lowest BCUT2D eigenvalue weighted by Crippen LogP contribution is -2.51. The zero-order valence-corrected chi connectivity index (χ0v) is 17.1. The largest absolute Gasteiger partial charge is 0.340 e. The number of rotatable bonds is 3. The van der Waals surface area contributed by atoms with Crippen LogP contribution < -0.4 is 5.32 Å². The van der Waals surface area contributed by atoms with Crippen molar-refractivity contribution in [2.24, 2.45) is 5.92 Å². The van der Waals surface area contributed by atoms with Crippen molar-refractivity contribution >= 4 is 28.3 Å². The first kappa shape index (κ1) is 20.6. The second-order valence-corrected chi connectivity index (χ2v) is 9.31. The van der Waals surface area contributed by atoms with Gasteiger partial charge in [-0.2, -0.15) is 4.31 Å². The van der Waals surface area contributed by atoms with Crippen molar-refractivity contribution in [3.8, 4) is 0 Å². The van der Waals surface area contributed by atoms with Gasteiger partial charge in [-0.25, -0.2) is 13.4 Å². The molecule has 1 aromatic heterocycles. The van der Waals surface area contributed by atoms with Crippen LogP contribution in [0.25, 0.3) is 0 Å². The highest BCUT2D eigenvalue weighted by Gasteiger charge is 2.36. The Kier molecular flexibility index (Phi) is 6.45. The Hall–Kier alpha value is -1.16. The van der Waals surface area contributed by atoms with Crippen LogP contribution in [0.2, 0.25) is 0 Å². The number of sulfonamides is 1. The number of hydrogen-bond donors (Lipinski definition) is 1. The van der Waals surface area contributed by atoms with Gasteiger partial charge < -0.3 is 14.8 Å². The number of nitrogens with one attached hydrogen (secondary N) is 1.